The molecule has 2 aromatic heterocycles. The molecule has 0 spiro atoms. The van der Waals surface area contributed by atoms with Crippen molar-refractivity contribution in [2.75, 3.05) is 51.6 Å². The number of nitrogen functional groups attached to an aromatic ring is 1. The van der Waals surface area contributed by atoms with Crippen LogP contribution >= 0.6 is 20.0 Å². The summed E-state index contributed by atoms with van der Waals surface area (Å²) in [5.74, 6) is 0.0312. The zero-order valence-corrected chi connectivity index (χ0v) is 24.7. The monoisotopic (exact) mass is 584 g/mol. The first-order chi connectivity index (χ1) is 17.9. The Hall–Kier alpha value is -1.52. The van der Waals surface area contributed by atoms with E-state index in [2.05, 4.69) is 70.8 Å². The number of aliphatic hydroxyl groups excluding tert-OH is 2. The summed E-state index contributed by atoms with van der Waals surface area (Å²) in [5.41, 5.74) is 6.24. The Bertz CT molecular complexity index is 1040. The summed E-state index contributed by atoms with van der Waals surface area (Å²) in [6, 6.07) is 0. The second kappa shape index (κ2) is 16.6. The second-order valence-electron chi connectivity index (χ2n) is 8.35. The number of aliphatic hydroxyl groups is 2. The van der Waals surface area contributed by atoms with Gasteiger partial charge in [-0.1, -0.05) is 53.8 Å². The van der Waals surface area contributed by atoms with E-state index >= 15 is 0 Å². The minimum Gasteiger partial charge on any atom is -0.387 e. The Kier molecular flexibility index (Phi) is 15.0. The van der Waals surface area contributed by atoms with E-state index in [1.165, 1.54) is 50.2 Å². The maximum atomic E-state index is 10.8. The fourth-order valence-electron chi connectivity index (χ4n) is 3.75. The molecule has 0 aromatic carbocycles. The van der Waals surface area contributed by atoms with Gasteiger partial charge in [-0.05, 0) is 39.3 Å². The Morgan fingerprint density at radius 1 is 1.05 bits per heavy atom. The van der Waals surface area contributed by atoms with Crippen LogP contribution in [0.15, 0.2) is 6.33 Å². The molecule has 0 aliphatic carbocycles. The maximum Gasteiger partial charge on any atom is 0.469 e. The lowest BCUT2D eigenvalue weighted by Gasteiger charge is -2.17. The quantitative estimate of drug-likeness (QED) is 0.134. The Morgan fingerprint density at radius 3 is 1.97 bits per heavy atom. The molecule has 2 aromatic rings. The maximum absolute atomic E-state index is 10.8. The van der Waals surface area contributed by atoms with E-state index in [1.807, 2.05) is 0 Å². The van der Waals surface area contributed by atoms with Crippen LogP contribution in [-0.4, -0.2) is 114 Å². The highest BCUT2D eigenvalue weighted by Gasteiger charge is 2.45. The molecular formula is C22H44N7O7PS. The highest BCUT2D eigenvalue weighted by Crippen LogP contribution is 2.38. The van der Waals surface area contributed by atoms with E-state index in [-0.39, 0.29) is 10.6 Å². The number of phosphoric ester groups is 1. The van der Waals surface area contributed by atoms with Gasteiger partial charge in [0.25, 0.3) is 0 Å². The molecule has 1 aliphatic rings. The zero-order chi connectivity index (χ0) is 29.0. The fourth-order valence-corrected chi connectivity index (χ4v) is 4.34. The number of fused-ring (bicyclic) bond motifs is 1. The molecule has 0 bridgehead atoms. The van der Waals surface area contributed by atoms with Crippen molar-refractivity contribution in [2.45, 2.75) is 66.1 Å². The summed E-state index contributed by atoms with van der Waals surface area (Å²) >= 11 is 5.04. The number of rotatable bonds is 10. The predicted molar refractivity (Wildman–Crippen MR) is 148 cm³/mol. The number of imidazole rings is 1. The van der Waals surface area contributed by atoms with Crippen LogP contribution in [0.2, 0.25) is 0 Å². The van der Waals surface area contributed by atoms with E-state index in [0.29, 0.717) is 11.2 Å². The Morgan fingerprint density at radius 2 is 1.55 bits per heavy atom. The zero-order valence-electron chi connectivity index (χ0n) is 23.0. The molecule has 1 saturated heterocycles. The average molecular weight is 585 g/mol. The lowest BCUT2D eigenvalue weighted by molar-refractivity contribution is -0.0503. The third-order valence-electron chi connectivity index (χ3n) is 6.17. The van der Waals surface area contributed by atoms with Gasteiger partial charge in [0, 0.05) is 0 Å². The molecular weight excluding hydrogens is 540 g/mol. The number of H-pyrrole nitrogens is 1. The van der Waals surface area contributed by atoms with Gasteiger partial charge in [0.2, 0.25) is 0 Å². The number of anilines is 1. The summed E-state index contributed by atoms with van der Waals surface area (Å²) in [6.07, 6.45) is -3.77. The van der Waals surface area contributed by atoms with Gasteiger partial charge in [-0.25, -0.2) is 14.5 Å². The van der Waals surface area contributed by atoms with Crippen molar-refractivity contribution in [3.05, 3.63) is 11.0 Å². The van der Waals surface area contributed by atoms with E-state index in [0.717, 1.165) is 0 Å². The number of aromatic nitrogens is 4. The molecule has 0 radical (unpaired) electrons. The summed E-state index contributed by atoms with van der Waals surface area (Å²) in [7, 11) is -4.73. The molecule has 3 heterocycles. The van der Waals surface area contributed by atoms with Crippen LogP contribution in [0, 0.1) is 4.64 Å². The average Bonchev–Trinajstić information content (AvgIpc) is 3.41. The number of phosphoric acid groups is 1. The molecule has 14 nitrogen and oxygen atoms in total. The van der Waals surface area contributed by atoms with Crippen LogP contribution in [0.1, 0.15) is 47.8 Å². The Labute approximate surface area is 229 Å². The first-order valence-electron chi connectivity index (χ1n) is 12.8. The van der Waals surface area contributed by atoms with E-state index in [1.54, 1.807) is 0 Å². The third kappa shape index (κ3) is 10.2. The number of hydrogen-bond acceptors (Lipinski definition) is 11. The van der Waals surface area contributed by atoms with Crippen LogP contribution in [0.4, 0.5) is 5.95 Å². The van der Waals surface area contributed by atoms with Gasteiger partial charge in [0.1, 0.15) is 29.5 Å². The number of hydrogen-bond donors (Lipinski definition) is 6. The van der Waals surface area contributed by atoms with Crippen molar-refractivity contribution in [2.24, 2.45) is 0 Å². The molecule has 7 N–H and O–H groups in total. The number of ether oxygens (including phenoxy) is 1. The number of nitrogens with zero attached hydrogens (tertiary/aromatic N) is 5. The topological polar surface area (TPSA) is 195 Å². The van der Waals surface area contributed by atoms with Crippen LogP contribution in [0.3, 0.4) is 0 Å². The third-order valence-corrected chi connectivity index (χ3v) is 6.94. The SMILES string of the molecule is CCN(CC)CC.CCN(CC)CC.[15NH2][13c]1[nH]c2c(ncn2[C@@H]2O[C@H](COP(=O)(O)O)[C@@H](O)[C@H]2O)c(=S)[15n]1. The summed E-state index contributed by atoms with van der Waals surface area (Å²) in [6.45, 7) is 19.6. The minimum atomic E-state index is -4.73. The Balaban J connectivity index is 0.000000426. The summed E-state index contributed by atoms with van der Waals surface area (Å²) < 4.78 is 22.0. The van der Waals surface area contributed by atoms with Gasteiger partial charge >= 0.3 is 7.82 Å². The standard InChI is InChI=1S/C10H14N5O7PS.2C6H15N/c11-10-13-7-4(8(24)14-10)12-2-15(7)9-6(17)5(16)3(22-9)1-21-23(18,19)20;2*1-4-7(5-2)6-3/h2-3,5-6,9,16-17H,1H2,(H2,18,19,20)(H3,11,13,14,24);2*4-6H2,1-3H3/t3-,5-,6-,9-;;/m1../s1/i10+1,11+1,14+1;;. The summed E-state index contributed by atoms with van der Waals surface area (Å²) in [5, 5.41) is 20.2. The fraction of sp³-hybridized carbons (Fsp3) is 0.773. The molecule has 1 aliphatic heterocycles. The molecule has 38 heavy (non-hydrogen) atoms. The first-order valence-corrected chi connectivity index (χ1v) is 14.7. The van der Waals surface area contributed by atoms with Gasteiger partial charge in [-0.3, -0.25) is 9.09 Å². The molecule has 1 fully saturated rings. The van der Waals surface area contributed by atoms with Crippen LogP contribution in [0.5, 0.6) is 0 Å². The number of aromatic amines is 1. The largest absolute Gasteiger partial charge is 0.469 e. The molecule has 0 amide bonds. The van der Waals surface area contributed by atoms with Gasteiger partial charge in [-0.2, -0.15) is 0 Å². The summed E-state index contributed by atoms with van der Waals surface area (Å²) in [4.78, 5) is 32.8. The van der Waals surface area contributed by atoms with Crippen molar-refractivity contribution in [3.63, 3.8) is 0 Å². The highest BCUT2D eigenvalue weighted by atomic mass is 32.1. The molecule has 3 rings (SSSR count). The second-order valence-corrected chi connectivity index (χ2v) is 9.97. The number of nitrogens with one attached hydrogen (secondary N) is 1. The van der Waals surface area contributed by atoms with Gasteiger partial charge in [-0.15, -0.1) is 0 Å². The smallest absolute Gasteiger partial charge is 0.387 e. The normalized spacial score (nSPS) is 21.4. The van der Waals surface area contributed by atoms with E-state index in [4.69, 9.17) is 32.5 Å². The predicted octanol–water partition coefficient (Wildman–Crippen LogP) is 1.50. The molecule has 220 valence electrons. The van der Waals surface area contributed by atoms with Crippen molar-refractivity contribution in [3.8, 4) is 0 Å². The van der Waals surface area contributed by atoms with Crippen LogP contribution in [-0.2, 0) is 13.8 Å². The van der Waals surface area contributed by atoms with Gasteiger partial charge in [0.15, 0.2) is 16.8 Å². The molecule has 0 unspecified atom stereocenters. The van der Waals surface area contributed by atoms with Crippen LogP contribution in [0.25, 0.3) is 11.2 Å². The van der Waals surface area contributed by atoms with E-state index < -0.39 is 39.0 Å². The minimum absolute atomic E-state index is 0.0312. The first kappa shape index (κ1) is 34.5. The van der Waals surface area contributed by atoms with Crippen LogP contribution < -0.4 is 5.73 Å². The van der Waals surface area contributed by atoms with Crippen molar-refractivity contribution in [1.29, 1.82) is 0 Å². The number of nitrogens with two attached hydrogens (primary N) is 1. The van der Waals surface area contributed by atoms with Crippen molar-refractivity contribution >= 4 is 37.2 Å². The lowest BCUT2D eigenvalue weighted by atomic mass is 10.1. The molecule has 0 saturated carbocycles. The molecule has 16 heteroatoms. The lowest BCUT2D eigenvalue weighted by Crippen LogP contribution is -2.33. The van der Waals surface area contributed by atoms with Gasteiger partial charge < -0.3 is 45.3 Å². The molecule has 4 atom stereocenters. The van der Waals surface area contributed by atoms with Crippen molar-refractivity contribution in [1.82, 2.24) is 29.3 Å². The van der Waals surface area contributed by atoms with Gasteiger partial charge in [0.05, 0.1) is 12.9 Å². The van der Waals surface area contributed by atoms with E-state index in [9.17, 15) is 14.8 Å². The van der Waals surface area contributed by atoms with Crippen molar-refractivity contribution < 1.29 is 33.8 Å². The highest BCUT2D eigenvalue weighted by molar-refractivity contribution is 7.71.